The van der Waals surface area contributed by atoms with Gasteiger partial charge >= 0.3 is 5.97 Å². The molecule has 13 heavy (non-hydrogen) atoms. The van der Waals surface area contributed by atoms with Crippen LogP contribution in [-0.2, 0) is 9.90 Å². The average molecular weight is 177 g/mol. The van der Waals surface area contributed by atoms with Crippen LogP contribution in [0.5, 0.6) is 5.75 Å². The van der Waals surface area contributed by atoms with Crippen LogP contribution in [0.2, 0.25) is 0 Å². The Morgan fingerprint density at radius 3 is 2.46 bits per heavy atom. The van der Waals surface area contributed by atoms with Crippen LogP contribution in [0, 0.1) is 0 Å². The van der Waals surface area contributed by atoms with Gasteiger partial charge in [-0.15, -0.1) is 0 Å². The Kier molecular flexibility index (Phi) is 3.09. The van der Waals surface area contributed by atoms with Gasteiger partial charge in [-0.3, -0.25) is 0 Å². The number of ether oxygens (including phenoxy) is 1. The molecule has 67 valence electrons. The first-order valence-electron chi connectivity index (χ1n) is 3.79. The van der Waals surface area contributed by atoms with E-state index in [0.717, 1.165) is 0 Å². The van der Waals surface area contributed by atoms with Gasteiger partial charge in [-0.1, -0.05) is 24.8 Å². The number of para-hydroxylation sites is 1. The molecule has 0 aliphatic carbocycles. The second-order valence-electron chi connectivity index (χ2n) is 2.41. The molecule has 0 heterocycles. The maximum Gasteiger partial charge on any atom is 0.399 e. The van der Waals surface area contributed by atoms with Crippen LogP contribution in [0.3, 0.4) is 0 Å². The lowest BCUT2D eigenvalue weighted by Gasteiger charge is -2.08. The number of carbonyl (C=O) groups excluding carboxylic acids is 1. The fourth-order valence-electron chi connectivity index (χ4n) is 0.838. The SMILES string of the molecule is C=CC(Oc1ccccc1)C([O])=O. The van der Waals surface area contributed by atoms with E-state index in [2.05, 4.69) is 6.58 Å². The van der Waals surface area contributed by atoms with E-state index in [1.165, 1.54) is 6.08 Å². The summed E-state index contributed by atoms with van der Waals surface area (Å²) in [6.07, 6.45) is 0.0879. The molecule has 0 N–H and O–H groups in total. The van der Waals surface area contributed by atoms with E-state index in [0.29, 0.717) is 5.75 Å². The molecule has 1 atom stereocenters. The number of benzene rings is 1. The van der Waals surface area contributed by atoms with Crippen LogP contribution in [0.4, 0.5) is 0 Å². The standard InChI is InChI=1S/C10H9O3/c1-2-9(10(11)12)13-8-6-4-3-5-7-8/h2-7,9H,1H2. The van der Waals surface area contributed by atoms with Gasteiger partial charge in [0.25, 0.3) is 0 Å². The predicted octanol–water partition coefficient (Wildman–Crippen LogP) is 1.58. The number of rotatable bonds is 4. The minimum absolute atomic E-state index is 0.483. The molecule has 1 rings (SSSR count). The maximum atomic E-state index is 10.4. The summed E-state index contributed by atoms with van der Waals surface area (Å²) in [5.41, 5.74) is 0. The van der Waals surface area contributed by atoms with Gasteiger partial charge in [0, 0.05) is 0 Å². The molecule has 0 aliphatic heterocycles. The molecule has 0 bridgehead atoms. The summed E-state index contributed by atoms with van der Waals surface area (Å²) in [6, 6.07) is 8.66. The lowest BCUT2D eigenvalue weighted by Crippen LogP contribution is -2.23. The highest BCUT2D eigenvalue weighted by Gasteiger charge is 2.16. The molecule has 0 aromatic heterocycles. The van der Waals surface area contributed by atoms with E-state index >= 15 is 0 Å². The second kappa shape index (κ2) is 4.30. The van der Waals surface area contributed by atoms with Crippen molar-refractivity contribution in [3.05, 3.63) is 43.0 Å². The molecule has 3 nitrogen and oxygen atoms in total. The molecular formula is C10H9O3. The summed E-state index contributed by atoms with van der Waals surface area (Å²) in [7, 11) is 0. The molecular weight excluding hydrogens is 168 g/mol. The quantitative estimate of drug-likeness (QED) is 0.655. The summed E-state index contributed by atoms with van der Waals surface area (Å²) in [4.78, 5) is 10.4. The Morgan fingerprint density at radius 2 is 2.00 bits per heavy atom. The van der Waals surface area contributed by atoms with Gasteiger partial charge in [0.05, 0.1) is 0 Å². The zero-order valence-corrected chi connectivity index (χ0v) is 6.97. The van der Waals surface area contributed by atoms with Gasteiger partial charge in [-0.25, -0.2) is 9.90 Å². The Bertz CT molecular complexity index is 292. The third-order valence-corrected chi connectivity index (χ3v) is 1.45. The zero-order chi connectivity index (χ0) is 9.68. The third-order valence-electron chi connectivity index (χ3n) is 1.45. The van der Waals surface area contributed by atoms with E-state index in [4.69, 9.17) is 4.74 Å². The van der Waals surface area contributed by atoms with Crippen LogP contribution >= 0.6 is 0 Å². The molecule has 3 heteroatoms. The van der Waals surface area contributed by atoms with Crippen molar-refractivity contribution < 1.29 is 14.6 Å². The summed E-state index contributed by atoms with van der Waals surface area (Å²) in [6.45, 7) is 3.33. The highest BCUT2D eigenvalue weighted by atomic mass is 16.5. The summed E-state index contributed by atoms with van der Waals surface area (Å²) in [5, 5.41) is 10.4. The van der Waals surface area contributed by atoms with Crippen LogP contribution in [-0.4, -0.2) is 12.1 Å². The molecule has 1 aromatic carbocycles. The van der Waals surface area contributed by atoms with Crippen molar-refractivity contribution in [3.63, 3.8) is 0 Å². The lowest BCUT2D eigenvalue weighted by atomic mass is 10.3. The normalized spacial score (nSPS) is 11.7. The fourth-order valence-corrected chi connectivity index (χ4v) is 0.838. The van der Waals surface area contributed by atoms with Gasteiger partial charge < -0.3 is 4.74 Å². The monoisotopic (exact) mass is 177 g/mol. The molecule has 0 fully saturated rings. The van der Waals surface area contributed by atoms with Gasteiger partial charge in [-0.2, -0.15) is 0 Å². The van der Waals surface area contributed by atoms with Crippen molar-refractivity contribution in [1.82, 2.24) is 0 Å². The summed E-state index contributed by atoms with van der Waals surface area (Å²) < 4.78 is 5.04. The van der Waals surface area contributed by atoms with Crippen molar-refractivity contribution in [2.75, 3.05) is 0 Å². The van der Waals surface area contributed by atoms with Crippen molar-refractivity contribution in [1.29, 1.82) is 0 Å². The summed E-state index contributed by atoms with van der Waals surface area (Å²) >= 11 is 0. The zero-order valence-electron chi connectivity index (χ0n) is 6.97. The molecule has 1 unspecified atom stereocenters. The van der Waals surface area contributed by atoms with Crippen molar-refractivity contribution in [2.45, 2.75) is 6.10 Å². The van der Waals surface area contributed by atoms with Crippen LogP contribution in [0.15, 0.2) is 43.0 Å². The largest absolute Gasteiger partial charge is 0.474 e. The molecule has 0 amide bonds. The topological polar surface area (TPSA) is 46.2 Å². The van der Waals surface area contributed by atoms with E-state index in [-0.39, 0.29) is 0 Å². The first kappa shape index (κ1) is 9.32. The van der Waals surface area contributed by atoms with Crippen molar-refractivity contribution in [2.24, 2.45) is 0 Å². The maximum absolute atomic E-state index is 10.4. The van der Waals surface area contributed by atoms with E-state index in [9.17, 15) is 9.90 Å². The molecule has 1 aromatic rings. The number of hydrogen-bond donors (Lipinski definition) is 0. The minimum Gasteiger partial charge on any atom is -0.474 e. The second-order valence-corrected chi connectivity index (χ2v) is 2.41. The van der Waals surface area contributed by atoms with Crippen LogP contribution < -0.4 is 4.74 Å². The Morgan fingerprint density at radius 1 is 1.38 bits per heavy atom. The molecule has 0 spiro atoms. The van der Waals surface area contributed by atoms with Gasteiger partial charge in [-0.05, 0) is 18.2 Å². The fraction of sp³-hybridized carbons (Fsp3) is 0.100. The predicted molar refractivity (Wildman–Crippen MR) is 46.7 cm³/mol. The highest BCUT2D eigenvalue weighted by Crippen LogP contribution is 2.11. The van der Waals surface area contributed by atoms with Crippen LogP contribution in [0.1, 0.15) is 0 Å². The van der Waals surface area contributed by atoms with Crippen LogP contribution in [0.25, 0.3) is 0 Å². The first-order valence-corrected chi connectivity index (χ1v) is 3.79. The van der Waals surface area contributed by atoms with E-state index < -0.39 is 12.1 Å². The number of hydrogen-bond acceptors (Lipinski definition) is 2. The lowest BCUT2D eigenvalue weighted by molar-refractivity contribution is -0.149. The third kappa shape index (κ3) is 2.63. The van der Waals surface area contributed by atoms with E-state index in [1.54, 1.807) is 24.3 Å². The number of carbonyl (C=O) groups is 1. The highest BCUT2D eigenvalue weighted by molar-refractivity contribution is 5.74. The van der Waals surface area contributed by atoms with Gasteiger partial charge in [0.2, 0.25) is 6.10 Å². The molecule has 0 saturated heterocycles. The molecule has 0 saturated carbocycles. The average Bonchev–Trinajstić information content (AvgIpc) is 2.15. The summed E-state index contributed by atoms with van der Waals surface area (Å²) in [5.74, 6) is -0.810. The smallest absolute Gasteiger partial charge is 0.399 e. The first-order chi connectivity index (χ1) is 6.24. The van der Waals surface area contributed by atoms with Gasteiger partial charge in [0.15, 0.2) is 0 Å². The molecule has 0 aliphatic rings. The van der Waals surface area contributed by atoms with Crippen molar-refractivity contribution in [3.8, 4) is 5.75 Å². The Hall–Kier alpha value is -1.77. The van der Waals surface area contributed by atoms with Crippen molar-refractivity contribution >= 4 is 5.97 Å². The van der Waals surface area contributed by atoms with E-state index in [1.807, 2.05) is 6.07 Å². The molecule has 1 radical (unpaired) electrons. The van der Waals surface area contributed by atoms with Gasteiger partial charge in [0.1, 0.15) is 5.75 Å². The Balaban J connectivity index is 2.67. The Labute approximate surface area is 76.3 Å². The minimum atomic E-state index is -1.29.